The zero-order valence-electron chi connectivity index (χ0n) is 20.9. The number of benzene rings is 1. The van der Waals surface area contributed by atoms with Gasteiger partial charge in [0, 0.05) is 47.9 Å². The highest BCUT2D eigenvalue weighted by Gasteiger charge is 2.52. The van der Waals surface area contributed by atoms with Gasteiger partial charge in [0.15, 0.2) is 11.5 Å². The Labute approximate surface area is 206 Å². The van der Waals surface area contributed by atoms with E-state index in [1.165, 1.54) is 12.7 Å². The Bertz CT molecular complexity index is 1080. The third-order valence-corrected chi connectivity index (χ3v) is 7.76. The molecule has 0 radical (unpaired) electrons. The number of aliphatic hydroxyl groups is 1. The second-order valence-corrected chi connectivity index (χ2v) is 9.65. The van der Waals surface area contributed by atoms with Crippen molar-refractivity contribution >= 4 is 0 Å². The van der Waals surface area contributed by atoms with Crippen molar-refractivity contribution in [3.8, 4) is 17.2 Å². The molecule has 0 aliphatic carbocycles. The first-order valence-corrected chi connectivity index (χ1v) is 12.1. The Hall–Kier alpha value is -2.72. The molecule has 9 nitrogen and oxygen atoms in total. The van der Waals surface area contributed by atoms with Crippen LogP contribution in [0.3, 0.4) is 0 Å². The molecule has 4 aliphatic heterocycles. The van der Waals surface area contributed by atoms with E-state index in [0.29, 0.717) is 30.7 Å². The van der Waals surface area contributed by atoms with Crippen LogP contribution in [0.25, 0.3) is 0 Å². The Morgan fingerprint density at radius 1 is 1.34 bits per heavy atom. The van der Waals surface area contributed by atoms with Crippen LogP contribution >= 0.6 is 0 Å². The van der Waals surface area contributed by atoms with E-state index in [1.54, 1.807) is 13.0 Å². The van der Waals surface area contributed by atoms with Gasteiger partial charge in [-0.25, -0.2) is 0 Å². The van der Waals surface area contributed by atoms with Crippen LogP contribution in [0.15, 0.2) is 41.4 Å². The lowest BCUT2D eigenvalue weighted by molar-refractivity contribution is -0.238. The Morgan fingerprint density at radius 3 is 2.83 bits per heavy atom. The summed E-state index contributed by atoms with van der Waals surface area (Å²) < 4.78 is 17.8. The summed E-state index contributed by atoms with van der Waals surface area (Å²) in [6, 6.07) is 2.21. The molecule has 3 N–H and O–H groups in total. The first kappa shape index (κ1) is 24.0. The van der Waals surface area contributed by atoms with E-state index >= 15 is 0 Å². The fourth-order valence-corrected chi connectivity index (χ4v) is 6.36. The lowest BCUT2D eigenvalue weighted by Crippen LogP contribution is -2.68. The Morgan fingerprint density at radius 2 is 2.14 bits per heavy atom. The molecule has 1 saturated heterocycles. The molecule has 1 aromatic rings. The van der Waals surface area contributed by atoms with Gasteiger partial charge in [-0.2, -0.15) is 4.89 Å². The summed E-state index contributed by atoms with van der Waals surface area (Å²) in [6.45, 7) is 9.43. The van der Waals surface area contributed by atoms with E-state index in [9.17, 15) is 5.11 Å². The molecule has 4 atom stereocenters. The molecule has 0 spiro atoms. The average Bonchev–Trinajstić information content (AvgIpc) is 3.30. The van der Waals surface area contributed by atoms with E-state index in [1.807, 2.05) is 6.07 Å². The Balaban J connectivity index is 1.66. The van der Waals surface area contributed by atoms with Crippen molar-refractivity contribution in [2.75, 3.05) is 40.6 Å². The Kier molecular flexibility index (Phi) is 6.43. The number of nitrogens with zero attached hydrogens (tertiary/aromatic N) is 2. The number of hydrogen-bond donors (Lipinski definition) is 2. The normalized spacial score (nSPS) is 28.3. The molecule has 1 aromatic carbocycles. The first-order chi connectivity index (χ1) is 16.9. The van der Waals surface area contributed by atoms with Gasteiger partial charge in [0.2, 0.25) is 12.6 Å². The zero-order valence-corrected chi connectivity index (χ0v) is 20.9. The molecule has 190 valence electrons. The van der Waals surface area contributed by atoms with Crippen LogP contribution in [-0.2, 0) is 16.2 Å². The van der Waals surface area contributed by atoms with Crippen molar-refractivity contribution in [3.05, 3.63) is 52.5 Å². The highest BCUT2D eigenvalue weighted by atomic mass is 17.2. The van der Waals surface area contributed by atoms with Crippen LogP contribution in [0.4, 0.5) is 0 Å². The minimum atomic E-state index is -0.0594. The molecule has 0 aromatic heterocycles. The van der Waals surface area contributed by atoms with E-state index in [4.69, 9.17) is 29.7 Å². The van der Waals surface area contributed by atoms with Gasteiger partial charge < -0.3 is 29.9 Å². The molecule has 0 saturated carbocycles. The predicted molar refractivity (Wildman–Crippen MR) is 130 cm³/mol. The minimum absolute atomic E-state index is 0.0328. The molecular weight excluding hydrogens is 450 g/mol. The number of ether oxygens (including phenoxy) is 3. The van der Waals surface area contributed by atoms with Crippen LogP contribution in [0.1, 0.15) is 37.4 Å². The molecular formula is C26H35N3O6. The van der Waals surface area contributed by atoms with E-state index in [0.717, 1.165) is 47.6 Å². The number of piperazine rings is 1. The molecule has 1 fully saturated rings. The number of hydrogen-bond acceptors (Lipinski definition) is 9. The number of likely N-dealkylation sites (N-methyl/N-ethyl adjacent to an activating group) is 1. The third kappa shape index (κ3) is 3.78. The van der Waals surface area contributed by atoms with Crippen LogP contribution in [0.5, 0.6) is 17.2 Å². The summed E-state index contributed by atoms with van der Waals surface area (Å²) in [4.78, 5) is 15.5. The fraction of sp³-hybridized carbons (Fsp3) is 0.538. The highest BCUT2D eigenvalue weighted by molar-refractivity contribution is 5.61. The minimum Gasteiger partial charge on any atom is -0.509 e. The van der Waals surface area contributed by atoms with Gasteiger partial charge in [0.25, 0.3) is 0 Å². The van der Waals surface area contributed by atoms with Crippen molar-refractivity contribution in [1.29, 1.82) is 0 Å². The van der Waals surface area contributed by atoms with Crippen molar-refractivity contribution in [2.45, 2.75) is 50.9 Å². The van der Waals surface area contributed by atoms with Crippen molar-refractivity contribution in [3.63, 3.8) is 0 Å². The van der Waals surface area contributed by atoms with Crippen molar-refractivity contribution < 1.29 is 29.1 Å². The molecule has 0 amide bonds. The third-order valence-electron chi connectivity index (χ3n) is 7.76. The molecule has 35 heavy (non-hydrogen) atoms. The summed E-state index contributed by atoms with van der Waals surface area (Å²) >= 11 is 0. The summed E-state index contributed by atoms with van der Waals surface area (Å²) in [5.41, 5.74) is 10.8. The monoisotopic (exact) mass is 485 g/mol. The van der Waals surface area contributed by atoms with Gasteiger partial charge in [0.05, 0.1) is 19.2 Å². The van der Waals surface area contributed by atoms with Crippen molar-refractivity contribution in [1.82, 2.24) is 9.80 Å². The SMILES string of the molecule is C=CCOc1cc2c(c3c1CC1[C@H]4C(/C(OOC)=C(\C)O)=C(C)C[C@@H](CN1[C@H]3CN)N4C)OCO2. The van der Waals surface area contributed by atoms with Gasteiger partial charge in [-0.15, -0.1) is 0 Å². The second-order valence-electron chi connectivity index (χ2n) is 9.65. The second kappa shape index (κ2) is 9.39. The maximum atomic E-state index is 10.5. The smallest absolute Gasteiger partial charge is 0.231 e. The van der Waals surface area contributed by atoms with Crippen LogP contribution in [0, 0.1) is 0 Å². The maximum absolute atomic E-state index is 10.5. The molecule has 4 heterocycles. The standard InChI is InChI=1S/C26H35N3O6/c1-6-7-32-20-10-21-26(34-13-33-21)23-17(20)9-18-24-22(25(15(3)30)35-31-5)14(2)8-16(28(24)4)12-29(18)19(23)11-27/h6,10,16,18-19,24,30H,1,7-9,11-13,27H2,2-5H3/b25-15-/t16-,18?,19-,24-/m0/s1. The topological polar surface area (TPSA) is 98.9 Å². The number of rotatable bonds is 7. The highest BCUT2D eigenvalue weighted by Crippen LogP contribution is 2.53. The maximum Gasteiger partial charge on any atom is 0.231 e. The number of fused-ring (bicyclic) bond motifs is 7. The fourth-order valence-electron chi connectivity index (χ4n) is 6.36. The summed E-state index contributed by atoms with van der Waals surface area (Å²) in [7, 11) is 3.60. The number of allylic oxidation sites excluding steroid dienone is 1. The average molecular weight is 486 g/mol. The molecule has 4 aliphatic rings. The van der Waals surface area contributed by atoms with Gasteiger partial charge in [-0.3, -0.25) is 9.80 Å². The predicted octanol–water partition coefficient (Wildman–Crippen LogP) is 2.98. The van der Waals surface area contributed by atoms with Crippen molar-refractivity contribution in [2.24, 2.45) is 5.73 Å². The van der Waals surface area contributed by atoms with E-state index < -0.39 is 0 Å². The van der Waals surface area contributed by atoms with Gasteiger partial charge in [0.1, 0.15) is 18.1 Å². The molecule has 1 unspecified atom stereocenters. The van der Waals surface area contributed by atoms with E-state index in [2.05, 4.69) is 30.4 Å². The van der Waals surface area contributed by atoms with Gasteiger partial charge in [-0.05, 0) is 33.7 Å². The van der Waals surface area contributed by atoms with Crippen LogP contribution in [-0.4, -0.2) is 73.7 Å². The summed E-state index contributed by atoms with van der Waals surface area (Å²) in [5, 5.41) is 10.5. The lowest BCUT2D eigenvalue weighted by Gasteiger charge is -2.58. The largest absolute Gasteiger partial charge is 0.509 e. The van der Waals surface area contributed by atoms with Gasteiger partial charge >= 0.3 is 0 Å². The number of aliphatic hydroxyl groups excluding tert-OH is 1. The quantitative estimate of drug-likeness (QED) is 0.261. The summed E-state index contributed by atoms with van der Waals surface area (Å²) in [6.07, 6.45) is 3.32. The van der Waals surface area contributed by atoms with Crippen LogP contribution < -0.4 is 19.9 Å². The summed E-state index contributed by atoms with van der Waals surface area (Å²) in [5.74, 6) is 2.71. The first-order valence-electron chi connectivity index (χ1n) is 12.1. The molecule has 5 rings (SSSR count). The molecule has 2 bridgehead atoms. The van der Waals surface area contributed by atoms with Gasteiger partial charge in [-0.1, -0.05) is 18.2 Å². The lowest BCUT2D eigenvalue weighted by atomic mass is 9.74. The van der Waals surface area contributed by atoms with Crippen LogP contribution in [0.2, 0.25) is 0 Å². The number of nitrogens with two attached hydrogens (primary N) is 1. The van der Waals surface area contributed by atoms with E-state index in [-0.39, 0.29) is 30.7 Å². The zero-order chi connectivity index (χ0) is 24.9. The molecule has 9 heteroatoms.